The Labute approximate surface area is 178 Å². The van der Waals surface area contributed by atoms with Gasteiger partial charge in [-0.3, -0.25) is 4.98 Å². The largest absolute Gasteiger partial charge is 0.480 e. The molecule has 4 aromatic rings. The van der Waals surface area contributed by atoms with Gasteiger partial charge in [0.15, 0.2) is 6.10 Å². The summed E-state index contributed by atoms with van der Waals surface area (Å²) in [6.45, 7) is 2.04. The summed E-state index contributed by atoms with van der Waals surface area (Å²) in [5, 5.41) is 7.89. The molecule has 0 saturated carbocycles. The Morgan fingerprint density at radius 2 is 2.00 bits per heavy atom. The van der Waals surface area contributed by atoms with Crippen molar-refractivity contribution >= 4 is 11.6 Å². The predicted molar refractivity (Wildman–Crippen MR) is 114 cm³/mol. The lowest BCUT2D eigenvalue weighted by molar-refractivity contribution is 0.218. The van der Waals surface area contributed by atoms with E-state index in [0.29, 0.717) is 17.3 Å². The lowest BCUT2D eigenvalue weighted by Crippen LogP contribution is -2.32. The number of aryl methyl sites for hydroxylation is 1. The smallest absolute Gasteiger partial charge is 0.226 e. The maximum absolute atomic E-state index is 15.0. The minimum atomic E-state index is -0.638. The number of pyridine rings is 1. The lowest BCUT2D eigenvalue weighted by atomic mass is 9.84. The average Bonchev–Trinajstić information content (AvgIpc) is 3.27. The third kappa shape index (κ3) is 2.73. The second-order valence-corrected chi connectivity index (χ2v) is 7.69. The van der Waals surface area contributed by atoms with Crippen molar-refractivity contribution in [3.63, 3.8) is 0 Å². The molecule has 0 fully saturated rings. The predicted octanol–water partition coefficient (Wildman–Crippen LogP) is 4.68. The molecular formula is C24H18FN5O. The average molecular weight is 411 g/mol. The molecule has 2 atom stereocenters. The molecule has 2 aromatic heterocycles. The van der Waals surface area contributed by atoms with Gasteiger partial charge >= 0.3 is 0 Å². The van der Waals surface area contributed by atoms with E-state index < -0.39 is 6.10 Å². The molecule has 2 aliphatic rings. The normalized spacial score (nSPS) is 19.0. The Balaban J connectivity index is 1.66. The SMILES string of the molecule is Cc1ccc2c(c1)C1=C([C@@H](c3ccccc3F)O2)[C@@H](c2cccnc2)n2ncnc2N1. The molecule has 1 N–H and O–H groups in total. The number of rotatable bonds is 2. The van der Waals surface area contributed by atoms with Crippen molar-refractivity contribution in [2.75, 3.05) is 5.32 Å². The highest BCUT2D eigenvalue weighted by Gasteiger charge is 2.41. The van der Waals surface area contributed by atoms with E-state index >= 15 is 0 Å². The van der Waals surface area contributed by atoms with Crippen LogP contribution < -0.4 is 10.1 Å². The van der Waals surface area contributed by atoms with Crippen molar-refractivity contribution in [2.24, 2.45) is 0 Å². The van der Waals surface area contributed by atoms with E-state index in [0.717, 1.165) is 28.0 Å². The van der Waals surface area contributed by atoms with Crippen molar-refractivity contribution in [3.8, 4) is 5.75 Å². The van der Waals surface area contributed by atoms with Crippen molar-refractivity contribution in [1.82, 2.24) is 19.7 Å². The van der Waals surface area contributed by atoms with Crippen molar-refractivity contribution in [3.05, 3.63) is 107 Å². The molecule has 7 heteroatoms. The number of aromatic nitrogens is 4. The minimum absolute atomic E-state index is 0.316. The first-order valence-electron chi connectivity index (χ1n) is 10.0. The number of halogens is 1. The van der Waals surface area contributed by atoms with E-state index in [4.69, 9.17) is 4.74 Å². The van der Waals surface area contributed by atoms with Gasteiger partial charge < -0.3 is 10.1 Å². The highest BCUT2D eigenvalue weighted by atomic mass is 19.1. The highest BCUT2D eigenvalue weighted by Crippen LogP contribution is 2.50. The van der Waals surface area contributed by atoms with Crippen LogP contribution in [0.5, 0.6) is 5.75 Å². The first-order chi connectivity index (χ1) is 15.2. The third-order valence-electron chi connectivity index (χ3n) is 5.76. The molecule has 31 heavy (non-hydrogen) atoms. The summed E-state index contributed by atoms with van der Waals surface area (Å²) in [4.78, 5) is 8.71. The van der Waals surface area contributed by atoms with E-state index in [9.17, 15) is 4.39 Å². The van der Waals surface area contributed by atoms with E-state index in [-0.39, 0.29) is 11.9 Å². The van der Waals surface area contributed by atoms with E-state index in [2.05, 4.69) is 26.4 Å². The Hall–Kier alpha value is -4.00. The number of fused-ring (bicyclic) bond motifs is 3. The number of hydrogen-bond acceptors (Lipinski definition) is 5. The fraction of sp³-hybridized carbons (Fsp3) is 0.125. The topological polar surface area (TPSA) is 64.9 Å². The Bertz CT molecular complexity index is 1330. The molecule has 2 aliphatic heterocycles. The lowest BCUT2D eigenvalue weighted by Gasteiger charge is -2.39. The summed E-state index contributed by atoms with van der Waals surface area (Å²) >= 11 is 0. The molecule has 0 radical (unpaired) electrons. The van der Waals surface area contributed by atoms with Crippen LogP contribution in [0.2, 0.25) is 0 Å². The van der Waals surface area contributed by atoms with Gasteiger partial charge in [0.2, 0.25) is 5.95 Å². The summed E-state index contributed by atoms with van der Waals surface area (Å²) in [7, 11) is 0. The van der Waals surface area contributed by atoms with Gasteiger partial charge in [-0.25, -0.2) is 9.07 Å². The fourth-order valence-corrected chi connectivity index (χ4v) is 4.39. The molecule has 6 rings (SSSR count). The Kier molecular flexibility index (Phi) is 3.89. The van der Waals surface area contributed by atoms with Crippen molar-refractivity contribution in [1.29, 1.82) is 0 Å². The zero-order valence-electron chi connectivity index (χ0n) is 16.7. The van der Waals surface area contributed by atoms with Crippen LogP contribution in [0.25, 0.3) is 5.70 Å². The van der Waals surface area contributed by atoms with E-state index in [1.807, 2.05) is 37.3 Å². The first kappa shape index (κ1) is 17.8. The van der Waals surface area contributed by atoms with Gasteiger partial charge in [-0.1, -0.05) is 35.9 Å². The summed E-state index contributed by atoms with van der Waals surface area (Å²) in [5.41, 5.74) is 5.16. The number of benzene rings is 2. The molecule has 0 unspecified atom stereocenters. The summed E-state index contributed by atoms with van der Waals surface area (Å²) < 4.78 is 23.2. The van der Waals surface area contributed by atoms with Gasteiger partial charge in [-0.15, -0.1) is 0 Å². The van der Waals surface area contributed by atoms with Crippen molar-refractivity contribution in [2.45, 2.75) is 19.1 Å². The molecular weight excluding hydrogens is 393 g/mol. The van der Waals surface area contributed by atoms with Crippen LogP contribution in [0.4, 0.5) is 10.3 Å². The van der Waals surface area contributed by atoms with Gasteiger partial charge in [0, 0.05) is 29.1 Å². The summed E-state index contributed by atoms with van der Waals surface area (Å²) in [6, 6.07) is 16.2. The maximum atomic E-state index is 15.0. The van der Waals surface area contributed by atoms with Crippen molar-refractivity contribution < 1.29 is 9.13 Å². The molecule has 0 amide bonds. The number of nitrogens with one attached hydrogen (secondary N) is 1. The first-order valence-corrected chi connectivity index (χ1v) is 10.0. The molecule has 4 heterocycles. The van der Waals surface area contributed by atoms with Crippen LogP contribution in [0.3, 0.4) is 0 Å². The second-order valence-electron chi connectivity index (χ2n) is 7.69. The van der Waals surface area contributed by atoms with E-state index in [1.54, 1.807) is 29.2 Å². The molecule has 0 aliphatic carbocycles. The number of nitrogens with zero attached hydrogens (tertiary/aromatic N) is 4. The molecule has 2 aromatic carbocycles. The molecule has 0 saturated heterocycles. The minimum Gasteiger partial charge on any atom is -0.480 e. The highest BCUT2D eigenvalue weighted by molar-refractivity contribution is 5.85. The Morgan fingerprint density at radius 1 is 1.10 bits per heavy atom. The standard InChI is InChI=1S/C24H18FN5O/c1-14-8-9-19-17(11-14)21-20(23(31-19)16-6-2-3-7-18(16)25)22(15-5-4-10-26-12-15)30-24(29-21)27-13-28-30/h2-13,22-23H,1H3,(H,27,28,29)/t22-,23-/m1/s1. The Morgan fingerprint density at radius 3 is 2.84 bits per heavy atom. The zero-order valence-corrected chi connectivity index (χ0v) is 16.7. The fourth-order valence-electron chi connectivity index (χ4n) is 4.39. The molecule has 152 valence electrons. The van der Waals surface area contributed by atoms with E-state index in [1.165, 1.54) is 12.4 Å². The van der Waals surface area contributed by atoms with Crippen LogP contribution in [0.1, 0.15) is 34.4 Å². The van der Waals surface area contributed by atoms with Gasteiger partial charge in [-0.05, 0) is 36.8 Å². The van der Waals surface area contributed by atoms with Crippen LogP contribution >= 0.6 is 0 Å². The molecule has 6 nitrogen and oxygen atoms in total. The number of anilines is 1. The third-order valence-corrected chi connectivity index (χ3v) is 5.76. The summed E-state index contributed by atoms with van der Waals surface area (Å²) in [6.07, 6.45) is 4.41. The summed E-state index contributed by atoms with van der Waals surface area (Å²) in [5.74, 6) is 1.00. The second kappa shape index (κ2) is 6.77. The van der Waals surface area contributed by atoms with Gasteiger partial charge in [-0.2, -0.15) is 10.1 Å². The van der Waals surface area contributed by atoms with Crippen LogP contribution in [0, 0.1) is 12.7 Å². The molecule has 0 spiro atoms. The number of ether oxygens (including phenoxy) is 1. The van der Waals surface area contributed by atoms with Gasteiger partial charge in [0.25, 0.3) is 0 Å². The zero-order chi connectivity index (χ0) is 20.9. The van der Waals surface area contributed by atoms with Crippen LogP contribution in [-0.2, 0) is 0 Å². The monoisotopic (exact) mass is 411 g/mol. The quantitative estimate of drug-likeness (QED) is 0.519. The van der Waals surface area contributed by atoms with Gasteiger partial charge in [0.05, 0.1) is 5.70 Å². The van der Waals surface area contributed by atoms with Gasteiger partial charge in [0.1, 0.15) is 23.9 Å². The van der Waals surface area contributed by atoms with Crippen LogP contribution in [0.15, 0.2) is 78.9 Å². The number of hydrogen-bond donors (Lipinski definition) is 1. The molecule has 0 bridgehead atoms. The van der Waals surface area contributed by atoms with Crippen LogP contribution in [-0.4, -0.2) is 19.7 Å². The maximum Gasteiger partial charge on any atom is 0.226 e.